The Kier molecular flexibility index (Phi) is 5.90. The lowest BCUT2D eigenvalue weighted by Crippen LogP contribution is -2.15. The molecule has 0 aliphatic carbocycles. The minimum absolute atomic E-state index is 0.273. The van der Waals surface area contributed by atoms with Crippen LogP contribution in [0.2, 0.25) is 5.02 Å². The van der Waals surface area contributed by atoms with E-state index in [9.17, 15) is 0 Å². The lowest BCUT2D eigenvalue weighted by Gasteiger charge is -2.16. The van der Waals surface area contributed by atoms with Gasteiger partial charge in [-0.05, 0) is 54.8 Å². The van der Waals surface area contributed by atoms with Crippen LogP contribution >= 0.6 is 11.6 Å². The van der Waals surface area contributed by atoms with Crippen LogP contribution in [0.4, 0.5) is 0 Å². The van der Waals surface area contributed by atoms with Gasteiger partial charge in [0.2, 0.25) is 0 Å². The van der Waals surface area contributed by atoms with Gasteiger partial charge < -0.3 is 15.2 Å². The molecule has 0 bridgehead atoms. The van der Waals surface area contributed by atoms with Gasteiger partial charge in [-0.15, -0.1) is 0 Å². The lowest BCUT2D eigenvalue weighted by atomic mass is 9.96. The largest absolute Gasteiger partial charge is 0.497 e. The summed E-state index contributed by atoms with van der Waals surface area (Å²) < 4.78 is 10.9. The molecule has 0 heterocycles. The standard InChI is InChI=1S/C17H20ClNO2/c1-20-16-7-5-13(6-8-16)14(12-19)9-10-21-17-4-2-3-15(18)11-17/h2-8,11,14H,9-10,12,19H2,1H3. The Morgan fingerprint density at radius 2 is 1.86 bits per heavy atom. The van der Waals surface area contributed by atoms with Crippen LogP contribution in [0.1, 0.15) is 17.9 Å². The predicted molar refractivity (Wildman–Crippen MR) is 86.4 cm³/mol. The summed E-state index contributed by atoms with van der Waals surface area (Å²) in [5, 5.41) is 0.679. The summed E-state index contributed by atoms with van der Waals surface area (Å²) in [5.41, 5.74) is 7.07. The molecule has 112 valence electrons. The SMILES string of the molecule is COc1ccc(C(CN)CCOc2cccc(Cl)c2)cc1. The van der Waals surface area contributed by atoms with E-state index in [0.29, 0.717) is 18.2 Å². The third-order valence-electron chi connectivity index (χ3n) is 3.40. The number of rotatable bonds is 7. The molecule has 2 aromatic carbocycles. The molecule has 1 atom stereocenters. The average Bonchev–Trinajstić information content (AvgIpc) is 2.52. The molecule has 0 saturated heterocycles. The van der Waals surface area contributed by atoms with Crippen LogP contribution in [0.25, 0.3) is 0 Å². The first-order chi connectivity index (χ1) is 10.2. The topological polar surface area (TPSA) is 44.5 Å². The Morgan fingerprint density at radius 3 is 2.48 bits per heavy atom. The van der Waals surface area contributed by atoms with E-state index in [-0.39, 0.29) is 5.92 Å². The first kappa shape index (κ1) is 15.7. The van der Waals surface area contributed by atoms with Crippen molar-refractivity contribution < 1.29 is 9.47 Å². The highest BCUT2D eigenvalue weighted by atomic mass is 35.5. The minimum Gasteiger partial charge on any atom is -0.497 e. The second-order valence-corrected chi connectivity index (χ2v) is 5.24. The predicted octanol–water partition coefficient (Wildman–Crippen LogP) is 3.86. The van der Waals surface area contributed by atoms with Crippen molar-refractivity contribution in [1.29, 1.82) is 0 Å². The summed E-state index contributed by atoms with van der Waals surface area (Å²) in [4.78, 5) is 0. The molecule has 0 spiro atoms. The van der Waals surface area contributed by atoms with Crippen molar-refractivity contribution in [2.75, 3.05) is 20.3 Å². The summed E-state index contributed by atoms with van der Waals surface area (Å²) in [6.45, 7) is 1.19. The Balaban J connectivity index is 1.90. The molecule has 0 aromatic heterocycles. The number of benzene rings is 2. The molecule has 0 aliphatic rings. The van der Waals surface area contributed by atoms with Crippen molar-refractivity contribution >= 4 is 11.6 Å². The third kappa shape index (κ3) is 4.66. The van der Waals surface area contributed by atoms with Crippen molar-refractivity contribution in [3.8, 4) is 11.5 Å². The quantitative estimate of drug-likeness (QED) is 0.845. The van der Waals surface area contributed by atoms with Gasteiger partial charge in [0, 0.05) is 5.02 Å². The maximum absolute atomic E-state index is 5.93. The van der Waals surface area contributed by atoms with E-state index in [0.717, 1.165) is 17.9 Å². The van der Waals surface area contributed by atoms with E-state index in [1.807, 2.05) is 36.4 Å². The van der Waals surface area contributed by atoms with E-state index in [1.165, 1.54) is 5.56 Å². The van der Waals surface area contributed by atoms with Crippen LogP contribution in [0.15, 0.2) is 48.5 Å². The molecule has 0 aliphatic heterocycles. The molecule has 2 N–H and O–H groups in total. The zero-order chi connectivity index (χ0) is 15.1. The fourth-order valence-electron chi connectivity index (χ4n) is 2.17. The molecular formula is C17H20ClNO2. The maximum Gasteiger partial charge on any atom is 0.120 e. The van der Waals surface area contributed by atoms with Crippen molar-refractivity contribution in [3.63, 3.8) is 0 Å². The van der Waals surface area contributed by atoms with Gasteiger partial charge in [0.15, 0.2) is 0 Å². The molecule has 4 heteroatoms. The van der Waals surface area contributed by atoms with Gasteiger partial charge in [0.1, 0.15) is 11.5 Å². The number of hydrogen-bond acceptors (Lipinski definition) is 3. The Bertz CT molecular complexity index is 557. The van der Waals surface area contributed by atoms with Gasteiger partial charge in [-0.3, -0.25) is 0 Å². The van der Waals surface area contributed by atoms with Crippen molar-refractivity contribution in [1.82, 2.24) is 0 Å². The van der Waals surface area contributed by atoms with Crippen LogP contribution in [0.5, 0.6) is 11.5 Å². The molecule has 0 amide bonds. The van der Waals surface area contributed by atoms with Gasteiger partial charge >= 0.3 is 0 Å². The summed E-state index contributed by atoms with van der Waals surface area (Å²) in [7, 11) is 1.66. The van der Waals surface area contributed by atoms with E-state index in [4.69, 9.17) is 26.8 Å². The monoisotopic (exact) mass is 305 g/mol. The first-order valence-electron chi connectivity index (χ1n) is 6.95. The average molecular weight is 306 g/mol. The van der Waals surface area contributed by atoms with Gasteiger partial charge in [-0.1, -0.05) is 29.8 Å². The summed E-state index contributed by atoms with van der Waals surface area (Å²) in [6.07, 6.45) is 0.856. The van der Waals surface area contributed by atoms with Gasteiger partial charge in [-0.2, -0.15) is 0 Å². The molecule has 1 unspecified atom stereocenters. The summed E-state index contributed by atoms with van der Waals surface area (Å²) in [5.74, 6) is 1.91. The van der Waals surface area contributed by atoms with Crippen LogP contribution in [0, 0.1) is 0 Å². The smallest absolute Gasteiger partial charge is 0.120 e. The van der Waals surface area contributed by atoms with Crippen LogP contribution in [-0.2, 0) is 0 Å². The number of ether oxygens (including phenoxy) is 2. The number of halogens is 1. The van der Waals surface area contributed by atoms with Crippen molar-refractivity contribution in [2.24, 2.45) is 5.73 Å². The van der Waals surface area contributed by atoms with Crippen LogP contribution < -0.4 is 15.2 Å². The van der Waals surface area contributed by atoms with E-state index in [2.05, 4.69) is 12.1 Å². The Morgan fingerprint density at radius 1 is 1.10 bits per heavy atom. The molecule has 2 rings (SSSR count). The molecular weight excluding hydrogens is 286 g/mol. The Hall–Kier alpha value is -1.71. The zero-order valence-corrected chi connectivity index (χ0v) is 12.8. The normalized spacial score (nSPS) is 12.0. The molecule has 3 nitrogen and oxygen atoms in total. The molecule has 0 fully saturated rings. The number of methoxy groups -OCH3 is 1. The molecule has 2 aromatic rings. The van der Waals surface area contributed by atoms with E-state index >= 15 is 0 Å². The van der Waals surface area contributed by atoms with Gasteiger partial charge in [-0.25, -0.2) is 0 Å². The van der Waals surface area contributed by atoms with Crippen molar-refractivity contribution in [3.05, 3.63) is 59.1 Å². The summed E-state index contributed by atoms with van der Waals surface area (Å²) >= 11 is 5.93. The molecule has 21 heavy (non-hydrogen) atoms. The first-order valence-corrected chi connectivity index (χ1v) is 7.33. The fourth-order valence-corrected chi connectivity index (χ4v) is 2.35. The van der Waals surface area contributed by atoms with Crippen LogP contribution in [0.3, 0.4) is 0 Å². The molecule has 0 saturated carbocycles. The highest BCUT2D eigenvalue weighted by Crippen LogP contribution is 2.23. The second kappa shape index (κ2) is 7.91. The fraction of sp³-hybridized carbons (Fsp3) is 0.294. The van der Waals surface area contributed by atoms with E-state index in [1.54, 1.807) is 7.11 Å². The molecule has 0 radical (unpaired) electrons. The number of hydrogen-bond donors (Lipinski definition) is 1. The lowest BCUT2D eigenvalue weighted by molar-refractivity contribution is 0.298. The highest BCUT2D eigenvalue weighted by molar-refractivity contribution is 6.30. The van der Waals surface area contributed by atoms with E-state index < -0.39 is 0 Å². The second-order valence-electron chi connectivity index (χ2n) is 4.80. The Labute approximate surface area is 130 Å². The number of nitrogens with two attached hydrogens (primary N) is 1. The van der Waals surface area contributed by atoms with Crippen molar-refractivity contribution in [2.45, 2.75) is 12.3 Å². The zero-order valence-electron chi connectivity index (χ0n) is 12.1. The summed E-state index contributed by atoms with van der Waals surface area (Å²) in [6, 6.07) is 15.4. The maximum atomic E-state index is 5.93. The third-order valence-corrected chi connectivity index (χ3v) is 3.64. The minimum atomic E-state index is 0.273. The van der Waals surface area contributed by atoms with Crippen LogP contribution in [-0.4, -0.2) is 20.3 Å². The van der Waals surface area contributed by atoms with Gasteiger partial charge in [0.25, 0.3) is 0 Å². The van der Waals surface area contributed by atoms with Gasteiger partial charge in [0.05, 0.1) is 13.7 Å². The highest BCUT2D eigenvalue weighted by Gasteiger charge is 2.10.